The van der Waals surface area contributed by atoms with Gasteiger partial charge in [-0.25, -0.2) is 0 Å². The van der Waals surface area contributed by atoms with E-state index < -0.39 is 29.3 Å². The summed E-state index contributed by atoms with van der Waals surface area (Å²) in [5, 5.41) is 12.5. The molecule has 1 aromatic heterocycles. The molecule has 0 radical (unpaired) electrons. The Balaban J connectivity index is 1.67. The number of hydrogen-bond acceptors (Lipinski definition) is 4. The van der Waals surface area contributed by atoms with Gasteiger partial charge in [0, 0.05) is 37.7 Å². The van der Waals surface area contributed by atoms with Crippen LogP contribution in [0.3, 0.4) is 0 Å². The van der Waals surface area contributed by atoms with Crippen molar-refractivity contribution in [2.24, 2.45) is 4.99 Å². The van der Waals surface area contributed by atoms with Crippen molar-refractivity contribution in [1.82, 2.24) is 14.8 Å². The Morgan fingerprint density at radius 3 is 2.53 bits per heavy atom. The van der Waals surface area contributed by atoms with Crippen LogP contribution in [0.5, 0.6) is 0 Å². The number of benzene rings is 2. The fraction of sp³-hybridized carbons (Fsp3) is 0.231. The third kappa shape index (κ3) is 5.30. The van der Waals surface area contributed by atoms with Crippen LogP contribution in [0, 0.1) is 18.4 Å². The average molecular weight is 493 g/mol. The lowest BCUT2D eigenvalue weighted by Crippen LogP contribution is -2.54. The number of alkyl halides is 3. The molecule has 1 fully saturated rings. The van der Waals surface area contributed by atoms with Crippen molar-refractivity contribution < 1.29 is 18.0 Å². The Morgan fingerprint density at radius 1 is 1.11 bits per heavy atom. The van der Waals surface area contributed by atoms with Crippen molar-refractivity contribution in [3.05, 3.63) is 95.3 Å². The van der Waals surface area contributed by atoms with Crippen molar-refractivity contribution in [3.63, 3.8) is 0 Å². The fourth-order valence-corrected chi connectivity index (χ4v) is 4.20. The van der Waals surface area contributed by atoms with Gasteiger partial charge in [-0.1, -0.05) is 48.5 Å². The minimum atomic E-state index is -4.69. The van der Waals surface area contributed by atoms with Gasteiger partial charge in [0.15, 0.2) is 0 Å². The van der Waals surface area contributed by atoms with E-state index in [9.17, 15) is 23.2 Å². The van der Waals surface area contributed by atoms with Gasteiger partial charge < -0.3 is 15.1 Å². The maximum absolute atomic E-state index is 13.6. The first kappa shape index (κ1) is 24.7. The number of nitriles is 1. The number of carbonyl (C=O) groups is 1. The van der Waals surface area contributed by atoms with E-state index in [1.807, 2.05) is 60.5 Å². The lowest BCUT2D eigenvalue weighted by molar-refractivity contribution is -0.138. The normalized spacial score (nSPS) is 16.4. The number of carbonyl (C=O) groups excluding carboxylic acids is 1. The second-order valence-electron chi connectivity index (χ2n) is 8.27. The third-order valence-corrected chi connectivity index (χ3v) is 6.03. The van der Waals surface area contributed by atoms with Crippen molar-refractivity contribution in [1.29, 1.82) is 5.26 Å². The van der Waals surface area contributed by atoms with E-state index in [2.05, 4.69) is 15.3 Å². The number of nitrogens with zero attached hydrogens (tertiary/aromatic N) is 5. The molecule has 1 unspecified atom stereocenters. The number of guanidine groups is 1. The number of aryl methyl sites for hydroxylation is 1. The average Bonchev–Trinajstić information content (AvgIpc) is 2.89. The first-order valence-electron chi connectivity index (χ1n) is 11.2. The summed E-state index contributed by atoms with van der Waals surface area (Å²) in [6.45, 7) is 2.51. The number of halogens is 3. The molecule has 7 nitrogen and oxygen atoms in total. The van der Waals surface area contributed by atoms with E-state index in [1.54, 1.807) is 12.1 Å². The minimum Gasteiger partial charge on any atom is -0.338 e. The Labute approximate surface area is 206 Å². The zero-order valence-corrected chi connectivity index (χ0v) is 19.4. The van der Waals surface area contributed by atoms with E-state index in [4.69, 9.17) is 0 Å². The monoisotopic (exact) mass is 492 g/mol. The molecule has 1 amide bonds. The minimum absolute atomic E-state index is 0.116. The topological polar surface area (TPSA) is 84.6 Å². The number of amides is 1. The molecule has 2 heterocycles. The van der Waals surface area contributed by atoms with E-state index in [-0.39, 0.29) is 19.6 Å². The predicted molar refractivity (Wildman–Crippen MR) is 129 cm³/mol. The maximum atomic E-state index is 13.6. The van der Waals surface area contributed by atoms with Crippen LogP contribution in [0.1, 0.15) is 33.1 Å². The second-order valence-corrected chi connectivity index (χ2v) is 8.27. The molecular weight excluding hydrogens is 469 g/mol. The first-order chi connectivity index (χ1) is 17.3. The molecule has 3 aromatic rings. The number of aliphatic imine (C=N–C) groups is 1. The van der Waals surface area contributed by atoms with Crippen LogP contribution in [0.15, 0.2) is 78.0 Å². The molecule has 2 aromatic carbocycles. The number of piperazine rings is 1. The van der Waals surface area contributed by atoms with Crippen LogP contribution in [-0.2, 0) is 6.18 Å². The second kappa shape index (κ2) is 10.5. The van der Waals surface area contributed by atoms with Gasteiger partial charge in [0.2, 0.25) is 12.2 Å². The van der Waals surface area contributed by atoms with Gasteiger partial charge in [-0.15, -0.1) is 4.99 Å². The van der Waals surface area contributed by atoms with Crippen LogP contribution in [-0.4, -0.2) is 46.3 Å². The van der Waals surface area contributed by atoms with E-state index in [0.29, 0.717) is 5.96 Å². The smallest absolute Gasteiger partial charge is 0.338 e. The van der Waals surface area contributed by atoms with Crippen molar-refractivity contribution >= 4 is 17.6 Å². The third-order valence-electron chi connectivity index (χ3n) is 6.03. The Kier molecular flexibility index (Phi) is 7.20. The lowest BCUT2D eigenvalue weighted by Gasteiger charge is -2.43. The molecule has 0 spiro atoms. The summed E-state index contributed by atoms with van der Waals surface area (Å²) in [5.41, 5.74) is 0.951. The van der Waals surface area contributed by atoms with Gasteiger partial charge in [-0.2, -0.15) is 18.4 Å². The molecule has 0 aliphatic carbocycles. The highest BCUT2D eigenvalue weighted by Crippen LogP contribution is 2.34. The highest BCUT2D eigenvalue weighted by Gasteiger charge is 2.39. The van der Waals surface area contributed by atoms with E-state index in [0.717, 1.165) is 35.3 Å². The summed E-state index contributed by atoms with van der Waals surface area (Å²) < 4.78 is 40.9. The zero-order chi connectivity index (χ0) is 25.7. The Morgan fingerprint density at radius 2 is 1.83 bits per heavy atom. The molecule has 1 saturated heterocycles. The summed E-state index contributed by atoms with van der Waals surface area (Å²) in [7, 11) is 0. The van der Waals surface area contributed by atoms with Crippen molar-refractivity contribution in [3.8, 4) is 6.19 Å². The van der Waals surface area contributed by atoms with Crippen LogP contribution < -0.4 is 5.32 Å². The lowest BCUT2D eigenvalue weighted by atomic mass is 10.00. The summed E-state index contributed by atoms with van der Waals surface area (Å²) in [6.07, 6.45) is -0.897. The number of nitrogens with one attached hydrogen (secondary N) is 1. The molecule has 184 valence electrons. The van der Waals surface area contributed by atoms with Gasteiger partial charge in [0.25, 0.3) is 5.91 Å². The summed E-state index contributed by atoms with van der Waals surface area (Å²) in [6, 6.07) is 16.8. The number of para-hydroxylation sites is 1. The molecule has 36 heavy (non-hydrogen) atoms. The van der Waals surface area contributed by atoms with Gasteiger partial charge in [-0.05, 0) is 30.2 Å². The van der Waals surface area contributed by atoms with E-state index >= 15 is 0 Å². The van der Waals surface area contributed by atoms with Gasteiger partial charge in [0.1, 0.15) is 0 Å². The number of rotatable bonds is 3. The SMILES string of the molecule is Cc1ccccc1N/C(=N/C#N)N1CCN(C(=O)c2cnccc2C(F)(F)F)C(c2ccccc2)C1. The molecule has 1 atom stereocenters. The molecule has 0 bridgehead atoms. The molecule has 1 aliphatic heterocycles. The fourth-order valence-electron chi connectivity index (χ4n) is 4.20. The quantitative estimate of drug-likeness (QED) is 0.321. The molecule has 10 heteroatoms. The summed E-state index contributed by atoms with van der Waals surface area (Å²) >= 11 is 0. The van der Waals surface area contributed by atoms with Crippen LogP contribution >= 0.6 is 0 Å². The highest BCUT2D eigenvalue weighted by molar-refractivity contribution is 5.97. The van der Waals surface area contributed by atoms with Gasteiger partial charge in [-0.3, -0.25) is 9.78 Å². The molecule has 1 N–H and O–H groups in total. The van der Waals surface area contributed by atoms with Gasteiger partial charge in [0.05, 0.1) is 17.2 Å². The first-order valence-corrected chi connectivity index (χ1v) is 11.2. The predicted octanol–water partition coefficient (Wildman–Crippen LogP) is 4.86. The Hall–Kier alpha value is -4.39. The summed E-state index contributed by atoms with van der Waals surface area (Å²) in [5.74, 6) is -0.452. The molecule has 4 rings (SSSR count). The Bertz CT molecular complexity index is 1300. The number of anilines is 1. The van der Waals surface area contributed by atoms with Crippen LogP contribution in [0.25, 0.3) is 0 Å². The van der Waals surface area contributed by atoms with Crippen molar-refractivity contribution in [2.45, 2.75) is 19.1 Å². The zero-order valence-electron chi connectivity index (χ0n) is 19.4. The van der Waals surface area contributed by atoms with Crippen LogP contribution in [0.2, 0.25) is 0 Å². The van der Waals surface area contributed by atoms with Crippen LogP contribution in [0.4, 0.5) is 18.9 Å². The maximum Gasteiger partial charge on any atom is 0.417 e. The van der Waals surface area contributed by atoms with Gasteiger partial charge >= 0.3 is 6.18 Å². The number of pyridine rings is 1. The highest BCUT2D eigenvalue weighted by atomic mass is 19.4. The molecule has 1 aliphatic rings. The summed E-state index contributed by atoms with van der Waals surface area (Å²) in [4.78, 5) is 24.4. The largest absolute Gasteiger partial charge is 0.417 e. The number of aromatic nitrogens is 1. The van der Waals surface area contributed by atoms with E-state index in [1.165, 1.54) is 4.90 Å². The molecule has 0 saturated carbocycles. The molecular formula is C26H23F3N6O. The number of hydrogen-bond donors (Lipinski definition) is 1. The standard InChI is InChI=1S/C26H23F3N6O/c1-18-7-5-6-10-22(18)33-25(32-17-30)34-13-14-35(23(16-34)19-8-3-2-4-9-19)24(36)20-15-31-12-11-21(20)26(27,28)29/h2-12,15,23H,13-14,16H2,1H3,(H,32,33). The van der Waals surface area contributed by atoms with Crippen molar-refractivity contribution in [2.75, 3.05) is 25.0 Å².